The molecule has 2 rings (SSSR count). The summed E-state index contributed by atoms with van der Waals surface area (Å²) in [7, 11) is 0. The van der Waals surface area contributed by atoms with Crippen LogP contribution in [0.4, 0.5) is 0 Å². The van der Waals surface area contributed by atoms with Gasteiger partial charge in [-0.05, 0) is 0 Å². The van der Waals surface area contributed by atoms with Crippen LogP contribution >= 0.6 is 0 Å². The van der Waals surface area contributed by atoms with E-state index in [0.717, 1.165) is 11.4 Å². The van der Waals surface area contributed by atoms with Gasteiger partial charge in [-0.15, -0.1) is 5.10 Å². The molecule has 0 aliphatic carbocycles. The maximum absolute atomic E-state index is 3.86. The first kappa shape index (κ1) is 5.16. The molecular formula is C5H4N5. The van der Waals surface area contributed by atoms with E-state index in [2.05, 4.69) is 31.7 Å². The lowest BCUT2D eigenvalue weighted by Gasteiger charge is -1.80. The SMILES string of the molecule is [c]1nc(-c2c[nH]nn2)c[nH]1. The van der Waals surface area contributed by atoms with Crippen molar-refractivity contribution >= 4 is 0 Å². The summed E-state index contributed by atoms with van der Waals surface area (Å²) in [5, 5.41) is 9.88. The molecule has 0 unspecified atom stereocenters. The number of hydrogen-bond acceptors (Lipinski definition) is 3. The number of aromatic nitrogens is 5. The molecule has 0 saturated heterocycles. The van der Waals surface area contributed by atoms with Crippen molar-refractivity contribution < 1.29 is 0 Å². The van der Waals surface area contributed by atoms with Crippen LogP contribution in [0.25, 0.3) is 11.4 Å². The number of rotatable bonds is 1. The van der Waals surface area contributed by atoms with Crippen LogP contribution in [-0.2, 0) is 0 Å². The Morgan fingerprint density at radius 2 is 2.30 bits per heavy atom. The molecule has 0 saturated carbocycles. The highest BCUT2D eigenvalue weighted by atomic mass is 15.3. The molecule has 1 radical (unpaired) electrons. The van der Waals surface area contributed by atoms with E-state index >= 15 is 0 Å². The van der Waals surface area contributed by atoms with Gasteiger partial charge in [-0.1, -0.05) is 5.21 Å². The fourth-order valence-corrected chi connectivity index (χ4v) is 0.683. The van der Waals surface area contributed by atoms with Crippen LogP contribution in [0.3, 0.4) is 0 Å². The minimum Gasteiger partial charge on any atom is -0.341 e. The van der Waals surface area contributed by atoms with E-state index in [1.165, 1.54) is 0 Å². The average molecular weight is 134 g/mol. The predicted molar refractivity (Wildman–Crippen MR) is 32.8 cm³/mol. The molecule has 0 atom stereocenters. The minimum atomic E-state index is 0.720. The van der Waals surface area contributed by atoms with Gasteiger partial charge in [-0.2, -0.15) is 0 Å². The van der Waals surface area contributed by atoms with Gasteiger partial charge in [-0.3, -0.25) is 5.10 Å². The van der Waals surface area contributed by atoms with Gasteiger partial charge in [0, 0.05) is 6.20 Å². The van der Waals surface area contributed by atoms with E-state index < -0.39 is 0 Å². The maximum Gasteiger partial charge on any atom is 0.174 e. The molecule has 2 aromatic rings. The monoisotopic (exact) mass is 134 g/mol. The largest absolute Gasteiger partial charge is 0.341 e. The zero-order valence-electron chi connectivity index (χ0n) is 5.00. The molecule has 49 valence electrons. The third kappa shape index (κ3) is 0.680. The lowest BCUT2D eigenvalue weighted by Crippen LogP contribution is -1.75. The second-order valence-electron chi connectivity index (χ2n) is 1.76. The highest BCUT2D eigenvalue weighted by Gasteiger charge is 2.00. The summed E-state index contributed by atoms with van der Waals surface area (Å²) in [5.41, 5.74) is 1.46. The van der Waals surface area contributed by atoms with Crippen LogP contribution in [0.1, 0.15) is 0 Å². The minimum absolute atomic E-state index is 0.720. The Bertz CT molecular complexity index is 249. The topological polar surface area (TPSA) is 70.2 Å². The van der Waals surface area contributed by atoms with Gasteiger partial charge in [0.15, 0.2) is 6.33 Å². The highest BCUT2D eigenvalue weighted by molar-refractivity contribution is 5.49. The molecule has 5 heteroatoms. The number of nitrogens with one attached hydrogen (secondary N) is 2. The van der Waals surface area contributed by atoms with Crippen molar-refractivity contribution in [2.75, 3.05) is 0 Å². The summed E-state index contributed by atoms with van der Waals surface area (Å²) in [6.45, 7) is 0. The van der Waals surface area contributed by atoms with Crippen LogP contribution in [0.5, 0.6) is 0 Å². The molecule has 0 fully saturated rings. The molecule has 2 aromatic heterocycles. The van der Waals surface area contributed by atoms with Crippen molar-refractivity contribution in [3.05, 3.63) is 18.7 Å². The summed E-state index contributed by atoms with van der Waals surface area (Å²) in [5.74, 6) is 0. The second-order valence-corrected chi connectivity index (χ2v) is 1.76. The molecule has 2 heterocycles. The van der Waals surface area contributed by atoms with Crippen LogP contribution < -0.4 is 0 Å². The number of nitrogens with zero attached hydrogens (tertiary/aromatic N) is 3. The fourth-order valence-electron chi connectivity index (χ4n) is 0.683. The Morgan fingerprint density at radius 3 is 2.90 bits per heavy atom. The predicted octanol–water partition coefficient (Wildman–Crippen LogP) is -0.00501. The Labute approximate surface area is 56.5 Å². The number of hydrogen-bond donors (Lipinski definition) is 2. The zero-order chi connectivity index (χ0) is 6.81. The average Bonchev–Trinajstić information content (AvgIpc) is 2.59. The van der Waals surface area contributed by atoms with Gasteiger partial charge < -0.3 is 4.98 Å². The van der Waals surface area contributed by atoms with Gasteiger partial charge in [0.05, 0.1) is 6.20 Å². The lowest BCUT2D eigenvalue weighted by molar-refractivity contribution is 0.941. The summed E-state index contributed by atoms with van der Waals surface area (Å²) in [4.78, 5) is 6.56. The Balaban J connectivity index is 2.48. The van der Waals surface area contributed by atoms with Crippen LogP contribution in [0, 0.1) is 6.33 Å². The third-order valence-corrected chi connectivity index (χ3v) is 1.13. The fraction of sp³-hybridized carbons (Fsp3) is 0. The third-order valence-electron chi connectivity index (χ3n) is 1.13. The van der Waals surface area contributed by atoms with Crippen LogP contribution in [0.2, 0.25) is 0 Å². The van der Waals surface area contributed by atoms with Crippen molar-refractivity contribution in [1.82, 2.24) is 25.4 Å². The maximum atomic E-state index is 3.86. The van der Waals surface area contributed by atoms with Crippen LogP contribution in [0.15, 0.2) is 12.4 Å². The van der Waals surface area contributed by atoms with Crippen molar-refractivity contribution in [2.24, 2.45) is 0 Å². The van der Waals surface area contributed by atoms with Crippen molar-refractivity contribution in [1.29, 1.82) is 0 Å². The molecule has 2 N–H and O–H groups in total. The number of imidazole rings is 1. The normalized spacial score (nSPS) is 10.0. The Morgan fingerprint density at radius 1 is 1.30 bits per heavy atom. The number of aromatic amines is 2. The van der Waals surface area contributed by atoms with Gasteiger partial charge in [0.25, 0.3) is 0 Å². The molecule has 0 bridgehead atoms. The first-order valence-electron chi connectivity index (χ1n) is 2.75. The van der Waals surface area contributed by atoms with Gasteiger partial charge in [0.2, 0.25) is 0 Å². The quantitative estimate of drug-likeness (QED) is 0.576. The molecule has 5 nitrogen and oxygen atoms in total. The van der Waals surface area contributed by atoms with Crippen LogP contribution in [-0.4, -0.2) is 25.4 Å². The molecule has 0 aliphatic rings. The van der Waals surface area contributed by atoms with Crippen molar-refractivity contribution in [3.63, 3.8) is 0 Å². The van der Waals surface area contributed by atoms with Crippen molar-refractivity contribution in [3.8, 4) is 11.4 Å². The van der Waals surface area contributed by atoms with E-state index in [9.17, 15) is 0 Å². The van der Waals surface area contributed by atoms with Gasteiger partial charge >= 0.3 is 0 Å². The van der Waals surface area contributed by atoms with E-state index in [1.54, 1.807) is 12.4 Å². The smallest absolute Gasteiger partial charge is 0.174 e. The molecule has 10 heavy (non-hydrogen) atoms. The van der Waals surface area contributed by atoms with Gasteiger partial charge in [-0.25, -0.2) is 4.98 Å². The van der Waals surface area contributed by atoms with E-state index in [-0.39, 0.29) is 0 Å². The summed E-state index contributed by atoms with van der Waals surface area (Å²) in [6, 6.07) is 0. The molecule has 0 aliphatic heterocycles. The van der Waals surface area contributed by atoms with E-state index in [4.69, 9.17) is 0 Å². The van der Waals surface area contributed by atoms with Gasteiger partial charge in [0.1, 0.15) is 11.4 Å². The van der Waals surface area contributed by atoms with E-state index in [1.807, 2.05) is 0 Å². The van der Waals surface area contributed by atoms with E-state index in [0.29, 0.717) is 0 Å². The molecular weight excluding hydrogens is 130 g/mol. The summed E-state index contributed by atoms with van der Waals surface area (Å²) in [6.07, 6.45) is 5.94. The first-order valence-corrected chi connectivity index (χ1v) is 2.75. The first-order chi connectivity index (χ1) is 4.97. The summed E-state index contributed by atoms with van der Waals surface area (Å²) >= 11 is 0. The zero-order valence-corrected chi connectivity index (χ0v) is 5.00. The molecule has 0 aromatic carbocycles. The summed E-state index contributed by atoms with van der Waals surface area (Å²) < 4.78 is 0. The Kier molecular flexibility index (Phi) is 1.00. The molecule has 0 amide bonds. The van der Waals surface area contributed by atoms with Crippen molar-refractivity contribution in [2.45, 2.75) is 0 Å². The molecule has 0 spiro atoms. The highest BCUT2D eigenvalue weighted by Crippen LogP contribution is 2.07. The Hall–Kier alpha value is -1.65. The lowest BCUT2D eigenvalue weighted by atomic mass is 10.4. The standard InChI is InChI=1S/C5H4N5/c1-4(7-3-6-1)5-2-8-10-9-5/h1-2H,(H,6,7)(H,8,9,10). The second kappa shape index (κ2) is 1.94. The number of H-pyrrole nitrogens is 2.